The number of anilines is 1. The number of esters is 1. The summed E-state index contributed by atoms with van der Waals surface area (Å²) in [5.74, 6) is -0.384. The average molecular weight is 249 g/mol. The van der Waals surface area contributed by atoms with Crippen LogP contribution in [0, 0.1) is 5.92 Å². The van der Waals surface area contributed by atoms with Gasteiger partial charge in [-0.3, -0.25) is 4.79 Å². The van der Waals surface area contributed by atoms with E-state index in [1.807, 2.05) is 6.92 Å². The molecule has 4 heteroatoms. The highest BCUT2D eigenvalue weighted by Gasteiger charge is 2.12. The Bertz CT molecular complexity index is 412. The Morgan fingerprint density at radius 3 is 2.39 bits per heavy atom. The lowest BCUT2D eigenvalue weighted by Gasteiger charge is -2.11. The molecule has 1 N–H and O–H groups in total. The maximum absolute atomic E-state index is 11.8. The molecule has 0 aliphatic heterocycles. The first kappa shape index (κ1) is 14.2. The van der Waals surface area contributed by atoms with Crippen LogP contribution in [0.4, 0.5) is 5.69 Å². The molecule has 0 radical (unpaired) electrons. The fourth-order valence-corrected chi connectivity index (χ4v) is 1.64. The molecule has 0 aliphatic rings. The maximum atomic E-state index is 11.8. The molecule has 0 spiro atoms. The Balaban J connectivity index is 2.63. The Morgan fingerprint density at radius 2 is 1.89 bits per heavy atom. The van der Waals surface area contributed by atoms with Crippen molar-refractivity contribution in [2.24, 2.45) is 5.92 Å². The van der Waals surface area contributed by atoms with Gasteiger partial charge in [-0.15, -0.1) is 0 Å². The van der Waals surface area contributed by atoms with Crippen molar-refractivity contribution in [3.8, 4) is 0 Å². The van der Waals surface area contributed by atoms with Crippen LogP contribution in [0.1, 0.15) is 37.0 Å². The average Bonchev–Trinajstić information content (AvgIpc) is 2.39. The number of methoxy groups -OCH3 is 1. The summed E-state index contributed by atoms with van der Waals surface area (Å²) in [4.78, 5) is 23.0. The van der Waals surface area contributed by atoms with Crippen LogP contribution in [-0.4, -0.2) is 19.0 Å². The van der Waals surface area contributed by atoms with Gasteiger partial charge in [0, 0.05) is 11.6 Å². The standard InChI is InChI=1S/C14H19NO3/c1-4-5-10(2)13(16)15-12-8-6-11(7-9-12)14(17)18-3/h6-10H,4-5H2,1-3H3,(H,15,16)/t10-/m1/s1. The first-order valence-electron chi connectivity index (χ1n) is 6.07. The summed E-state index contributed by atoms with van der Waals surface area (Å²) < 4.78 is 4.60. The zero-order valence-corrected chi connectivity index (χ0v) is 11.0. The number of carbonyl (C=O) groups excluding carboxylic acids is 2. The monoisotopic (exact) mass is 249 g/mol. The number of carbonyl (C=O) groups is 2. The second-order valence-electron chi connectivity index (χ2n) is 4.25. The van der Waals surface area contributed by atoms with E-state index in [1.54, 1.807) is 24.3 Å². The lowest BCUT2D eigenvalue weighted by molar-refractivity contribution is -0.119. The van der Waals surface area contributed by atoms with Gasteiger partial charge < -0.3 is 10.1 Å². The molecule has 0 heterocycles. The van der Waals surface area contributed by atoms with E-state index < -0.39 is 0 Å². The van der Waals surface area contributed by atoms with Crippen molar-refractivity contribution in [3.05, 3.63) is 29.8 Å². The van der Waals surface area contributed by atoms with Crippen molar-refractivity contribution in [1.29, 1.82) is 0 Å². The summed E-state index contributed by atoms with van der Waals surface area (Å²) in [6.07, 6.45) is 1.85. The van der Waals surface area contributed by atoms with Crippen molar-refractivity contribution in [1.82, 2.24) is 0 Å². The van der Waals surface area contributed by atoms with Crippen molar-refractivity contribution < 1.29 is 14.3 Å². The summed E-state index contributed by atoms with van der Waals surface area (Å²) in [7, 11) is 1.34. The number of amides is 1. The van der Waals surface area contributed by atoms with E-state index in [9.17, 15) is 9.59 Å². The van der Waals surface area contributed by atoms with Gasteiger partial charge in [-0.05, 0) is 30.7 Å². The minimum absolute atomic E-state index is 0.00247. The molecular weight excluding hydrogens is 230 g/mol. The predicted octanol–water partition coefficient (Wildman–Crippen LogP) is 2.85. The number of hydrogen-bond donors (Lipinski definition) is 1. The summed E-state index contributed by atoms with van der Waals surface area (Å²) in [6.45, 7) is 3.95. The van der Waals surface area contributed by atoms with Crippen LogP contribution >= 0.6 is 0 Å². The first-order valence-corrected chi connectivity index (χ1v) is 6.07. The highest BCUT2D eigenvalue weighted by atomic mass is 16.5. The molecule has 0 saturated carbocycles. The molecule has 1 amide bonds. The van der Waals surface area contributed by atoms with Gasteiger partial charge in [0.05, 0.1) is 12.7 Å². The van der Waals surface area contributed by atoms with Crippen LogP contribution in [0.2, 0.25) is 0 Å². The molecule has 1 atom stereocenters. The van der Waals surface area contributed by atoms with E-state index in [-0.39, 0.29) is 17.8 Å². The van der Waals surface area contributed by atoms with Crippen LogP contribution in [0.5, 0.6) is 0 Å². The minimum Gasteiger partial charge on any atom is -0.465 e. The molecule has 0 unspecified atom stereocenters. The van der Waals surface area contributed by atoms with E-state index in [4.69, 9.17) is 0 Å². The predicted molar refractivity (Wildman–Crippen MR) is 70.5 cm³/mol. The molecule has 98 valence electrons. The van der Waals surface area contributed by atoms with Gasteiger partial charge >= 0.3 is 5.97 Å². The second-order valence-corrected chi connectivity index (χ2v) is 4.25. The second kappa shape index (κ2) is 6.79. The number of ether oxygens (including phenoxy) is 1. The van der Waals surface area contributed by atoms with Crippen LogP contribution in [-0.2, 0) is 9.53 Å². The van der Waals surface area contributed by atoms with Gasteiger partial charge in [-0.2, -0.15) is 0 Å². The number of nitrogens with one attached hydrogen (secondary N) is 1. The molecule has 0 bridgehead atoms. The normalized spacial score (nSPS) is 11.7. The Hall–Kier alpha value is -1.84. The molecule has 18 heavy (non-hydrogen) atoms. The molecule has 4 nitrogen and oxygen atoms in total. The SMILES string of the molecule is CCC[C@@H](C)C(=O)Nc1ccc(C(=O)OC)cc1. The molecule has 0 fully saturated rings. The Morgan fingerprint density at radius 1 is 1.28 bits per heavy atom. The fraction of sp³-hybridized carbons (Fsp3) is 0.429. The lowest BCUT2D eigenvalue weighted by Crippen LogP contribution is -2.20. The van der Waals surface area contributed by atoms with E-state index >= 15 is 0 Å². The molecule has 1 rings (SSSR count). The van der Waals surface area contributed by atoms with Gasteiger partial charge in [-0.1, -0.05) is 20.3 Å². The largest absolute Gasteiger partial charge is 0.465 e. The lowest BCUT2D eigenvalue weighted by atomic mass is 10.1. The third kappa shape index (κ3) is 3.87. The summed E-state index contributed by atoms with van der Waals surface area (Å²) >= 11 is 0. The van der Waals surface area contributed by atoms with Gasteiger partial charge in [0.15, 0.2) is 0 Å². The molecule has 0 aliphatic carbocycles. The van der Waals surface area contributed by atoms with Crippen LogP contribution < -0.4 is 5.32 Å². The molecule has 1 aromatic carbocycles. The van der Waals surface area contributed by atoms with Gasteiger partial charge in [0.25, 0.3) is 0 Å². The third-order valence-electron chi connectivity index (χ3n) is 2.74. The smallest absolute Gasteiger partial charge is 0.337 e. The summed E-state index contributed by atoms with van der Waals surface area (Å²) in [5.41, 5.74) is 1.16. The Kier molecular flexibility index (Phi) is 5.36. The third-order valence-corrected chi connectivity index (χ3v) is 2.74. The quantitative estimate of drug-likeness (QED) is 0.816. The van der Waals surface area contributed by atoms with E-state index in [0.29, 0.717) is 11.3 Å². The Labute approximate surface area is 107 Å². The summed E-state index contributed by atoms with van der Waals surface area (Å²) in [5, 5.41) is 2.82. The van der Waals surface area contributed by atoms with Crippen molar-refractivity contribution in [2.75, 3.05) is 12.4 Å². The van der Waals surface area contributed by atoms with E-state index in [0.717, 1.165) is 12.8 Å². The van der Waals surface area contributed by atoms with Crippen molar-refractivity contribution in [2.45, 2.75) is 26.7 Å². The molecule has 0 aromatic heterocycles. The van der Waals surface area contributed by atoms with E-state index in [1.165, 1.54) is 7.11 Å². The highest BCUT2D eigenvalue weighted by Crippen LogP contribution is 2.13. The van der Waals surface area contributed by atoms with Crippen LogP contribution in [0.25, 0.3) is 0 Å². The maximum Gasteiger partial charge on any atom is 0.337 e. The van der Waals surface area contributed by atoms with Crippen LogP contribution in [0.15, 0.2) is 24.3 Å². The molecule has 1 aromatic rings. The van der Waals surface area contributed by atoms with Crippen molar-refractivity contribution in [3.63, 3.8) is 0 Å². The number of hydrogen-bond acceptors (Lipinski definition) is 3. The number of rotatable bonds is 5. The van der Waals surface area contributed by atoms with Gasteiger partial charge in [0.2, 0.25) is 5.91 Å². The molecular formula is C14H19NO3. The highest BCUT2D eigenvalue weighted by molar-refractivity contribution is 5.93. The topological polar surface area (TPSA) is 55.4 Å². The minimum atomic E-state index is -0.382. The molecule has 0 saturated heterocycles. The summed E-state index contributed by atoms with van der Waals surface area (Å²) in [6, 6.07) is 6.66. The van der Waals surface area contributed by atoms with Crippen molar-refractivity contribution >= 4 is 17.6 Å². The van der Waals surface area contributed by atoms with Crippen LogP contribution in [0.3, 0.4) is 0 Å². The zero-order valence-electron chi connectivity index (χ0n) is 11.0. The fourth-order valence-electron chi connectivity index (χ4n) is 1.64. The van der Waals surface area contributed by atoms with Gasteiger partial charge in [0.1, 0.15) is 0 Å². The van der Waals surface area contributed by atoms with Gasteiger partial charge in [-0.25, -0.2) is 4.79 Å². The zero-order chi connectivity index (χ0) is 13.5. The first-order chi connectivity index (χ1) is 8.58. The number of benzene rings is 1. The van der Waals surface area contributed by atoms with E-state index in [2.05, 4.69) is 17.0 Å².